The first-order chi connectivity index (χ1) is 20.4. The zero-order chi connectivity index (χ0) is 31.4. The summed E-state index contributed by atoms with van der Waals surface area (Å²) in [5.41, 5.74) is -0.413. The van der Waals surface area contributed by atoms with Gasteiger partial charge in [-0.2, -0.15) is 8.42 Å². The first-order valence-corrected chi connectivity index (χ1v) is 17.4. The van der Waals surface area contributed by atoms with E-state index in [1.54, 1.807) is 0 Å². The Labute approximate surface area is 254 Å². The van der Waals surface area contributed by atoms with Crippen LogP contribution in [-0.2, 0) is 48.2 Å². The Morgan fingerprint density at radius 1 is 0.953 bits per heavy atom. The van der Waals surface area contributed by atoms with E-state index in [2.05, 4.69) is 20.8 Å². The highest BCUT2D eigenvalue weighted by molar-refractivity contribution is 7.85. The van der Waals surface area contributed by atoms with Gasteiger partial charge in [-0.3, -0.25) is 23.7 Å². The van der Waals surface area contributed by atoms with Crippen molar-refractivity contribution in [1.82, 2.24) is 0 Å². The molecule has 0 saturated heterocycles. The molecule has 11 atom stereocenters. The minimum atomic E-state index is -4.02. The Morgan fingerprint density at radius 3 is 2.35 bits per heavy atom. The van der Waals surface area contributed by atoms with Crippen LogP contribution in [0.3, 0.4) is 0 Å². The lowest BCUT2D eigenvalue weighted by atomic mass is 9.43. The molecule has 0 amide bonds. The molecule has 0 aliphatic heterocycles. The van der Waals surface area contributed by atoms with Crippen LogP contribution in [0.25, 0.3) is 0 Å². The lowest BCUT2D eigenvalue weighted by Gasteiger charge is -2.64. The average Bonchev–Trinajstić information content (AvgIpc) is 3.30. The molecule has 4 aliphatic rings. The summed E-state index contributed by atoms with van der Waals surface area (Å²) >= 11 is 0. The maximum absolute atomic E-state index is 12.4. The fraction of sp³-hybridized carbons (Fsp3) is 0.871. The number of carbonyl (C=O) groups is 4. The molecule has 0 spiro atoms. The molecular formula is C31H48O11S. The topological polar surface area (TPSA) is 160 Å². The maximum Gasteiger partial charge on any atom is 0.305 e. The van der Waals surface area contributed by atoms with Gasteiger partial charge in [0.1, 0.15) is 18.3 Å². The molecule has 4 aliphatic carbocycles. The second-order valence-electron chi connectivity index (χ2n) is 13.9. The quantitative estimate of drug-likeness (QED) is 0.0914. The number of carbonyl (C=O) groups excluding carboxylic acids is 4. The molecule has 0 heterocycles. The van der Waals surface area contributed by atoms with Crippen molar-refractivity contribution in [2.45, 2.75) is 110 Å². The van der Waals surface area contributed by atoms with Gasteiger partial charge in [-0.25, -0.2) is 0 Å². The van der Waals surface area contributed by atoms with Crippen molar-refractivity contribution in [2.24, 2.45) is 46.3 Å². The van der Waals surface area contributed by atoms with E-state index in [0.717, 1.165) is 38.5 Å². The van der Waals surface area contributed by atoms with Crippen LogP contribution in [0.2, 0.25) is 0 Å². The predicted octanol–water partition coefficient (Wildman–Crippen LogP) is 4.12. The highest BCUT2D eigenvalue weighted by Gasteiger charge is 2.67. The lowest BCUT2D eigenvalue weighted by molar-refractivity contribution is -0.218. The molecule has 12 heteroatoms. The van der Waals surface area contributed by atoms with Gasteiger partial charge in [0, 0.05) is 17.8 Å². The molecule has 6 unspecified atom stereocenters. The number of fused-ring (bicyclic) bond motifs is 5. The molecule has 4 fully saturated rings. The number of rotatable bonds is 15. The number of esters is 1. The van der Waals surface area contributed by atoms with Crippen molar-refractivity contribution in [3.8, 4) is 0 Å². The summed E-state index contributed by atoms with van der Waals surface area (Å²) in [5.74, 6) is 0.316. The van der Waals surface area contributed by atoms with Gasteiger partial charge in [0.05, 0.1) is 12.4 Å². The van der Waals surface area contributed by atoms with Gasteiger partial charge in [-0.15, -0.1) is 0 Å². The molecule has 1 N–H and O–H groups in total. The molecule has 0 radical (unpaired) electrons. The molecule has 0 aromatic carbocycles. The first-order valence-electron chi connectivity index (χ1n) is 15.8. The van der Waals surface area contributed by atoms with Crippen LogP contribution in [0.4, 0.5) is 0 Å². The molecule has 244 valence electrons. The van der Waals surface area contributed by atoms with Crippen LogP contribution in [-0.4, -0.2) is 69.0 Å². The summed E-state index contributed by atoms with van der Waals surface area (Å²) in [7, 11) is -4.02. The van der Waals surface area contributed by atoms with E-state index < -0.39 is 10.1 Å². The molecule has 11 nitrogen and oxygen atoms in total. The van der Waals surface area contributed by atoms with Crippen molar-refractivity contribution in [2.75, 3.05) is 12.4 Å². The SMILES string of the molecule is C[C@H](CCC(=O)OCCCCS(=O)(=O)O)[C@H]1CC[C@H]2[C@@H]3C(OC=O)CC4CC(OC=O)CCC4(C)[C@H]3CC(OC=O)C12C. The van der Waals surface area contributed by atoms with Gasteiger partial charge < -0.3 is 18.9 Å². The van der Waals surface area contributed by atoms with Gasteiger partial charge in [0.2, 0.25) is 0 Å². The molecule has 0 bridgehead atoms. The Kier molecular flexibility index (Phi) is 10.8. The van der Waals surface area contributed by atoms with Gasteiger partial charge in [-0.05, 0) is 99.2 Å². The Morgan fingerprint density at radius 2 is 1.67 bits per heavy atom. The second kappa shape index (κ2) is 13.8. The van der Waals surface area contributed by atoms with E-state index in [-0.39, 0.29) is 95.8 Å². The van der Waals surface area contributed by atoms with Crippen molar-refractivity contribution in [3.63, 3.8) is 0 Å². The van der Waals surface area contributed by atoms with E-state index >= 15 is 0 Å². The monoisotopic (exact) mass is 628 g/mol. The van der Waals surface area contributed by atoms with Crippen LogP contribution in [0.1, 0.15) is 91.4 Å². The van der Waals surface area contributed by atoms with Crippen LogP contribution in [0, 0.1) is 46.3 Å². The minimum Gasteiger partial charge on any atom is -0.466 e. The van der Waals surface area contributed by atoms with E-state index in [1.165, 1.54) is 0 Å². The van der Waals surface area contributed by atoms with E-state index in [0.29, 0.717) is 38.7 Å². The zero-order valence-electron chi connectivity index (χ0n) is 25.6. The fourth-order valence-corrected chi connectivity index (χ4v) is 10.5. The average molecular weight is 629 g/mol. The molecule has 4 rings (SSSR count). The third-order valence-corrected chi connectivity index (χ3v) is 12.8. The van der Waals surface area contributed by atoms with Crippen LogP contribution in [0.15, 0.2) is 0 Å². The van der Waals surface area contributed by atoms with E-state index in [4.69, 9.17) is 23.5 Å². The Bertz CT molecular complexity index is 1110. The Hall–Kier alpha value is -2.21. The van der Waals surface area contributed by atoms with E-state index in [1.807, 2.05) is 0 Å². The third kappa shape index (κ3) is 7.05. The molecule has 4 saturated carbocycles. The summed E-state index contributed by atoms with van der Waals surface area (Å²) in [6.07, 6.45) is 6.32. The summed E-state index contributed by atoms with van der Waals surface area (Å²) in [6.45, 7) is 8.40. The normalized spacial score (nSPS) is 39.3. The Balaban J connectivity index is 1.47. The van der Waals surface area contributed by atoms with Crippen LogP contribution < -0.4 is 0 Å². The molecule has 0 aromatic rings. The second-order valence-corrected chi connectivity index (χ2v) is 15.4. The largest absolute Gasteiger partial charge is 0.466 e. The first kappa shape index (κ1) is 33.7. The number of hydrogen-bond donors (Lipinski definition) is 1. The molecule has 43 heavy (non-hydrogen) atoms. The van der Waals surface area contributed by atoms with Crippen LogP contribution >= 0.6 is 0 Å². The summed E-state index contributed by atoms with van der Waals surface area (Å²) < 4.78 is 52.9. The van der Waals surface area contributed by atoms with Gasteiger partial charge in [0.25, 0.3) is 29.5 Å². The van der Waals surface area contributed by atoms with Crippen molar-refractivity contribution in [1.29, 1.82) is 0 Å². The van der Waals surface area contributed by atoms with Crippen LogP contribution in [0.5, 0.6) is 0 Å². The van der Waals surface area contributed by atoms with Gasteiger partial charge in [-0.1, -0.05) is 20.8 Å². The van der Waals surface area contributed by atoms with Gasteiger partial charge in [0.15, 0.2) is 0 Å². The number of ether oxygens (including phenoxy) is 4. The maximum atomic E-state index is 12.4. The summed E-state index contributed by atoms with van der Waals surface area (Å²) in [5, 5.41) is 0. The smallest absolute Gasteiger partial charge is 0.305 e. The van der Waals surface area contributed by atoms with Gasteiger partial charge >= 0.3 is 5.97 Å². The standard InChI is InChI=1S/C31H48O11S/c1-20(6-9-28(35)39-12-4-5-13-43(36,37)38)23-7-8-24-29-25(16-27(42-19-34)31(23,24)3)30(2)11-10-22(40-17-32)14-21(30)15-26(29)41-18-33/h17-27,29H,4-16H2,1-3H3,(H,36,37,38)/t20-,21?,22?,23-,24+,25+,26?,27?,29+,30?,31?/m1/s1. The highest BCUT2D eigenvalue weighted by Crippen LogP contribution is 2.69. The van der Waals surface area contributed by atoms with Crippen molar-refractivity contribution >= 4 is 35.5 Å². The van der Waals surface area contributed by atoms with E-state index in [9.17, 15) is 27.6 Å². The van der Waals surface area contributed by atoms with Crippen molar-refractivity contribution < 1.29 is 51.1 Å². The molecule has 0 aromatic heterocycles. The molecular weight excluding hydrogens is 580 g/mol. The summed E-state index contributed by atoms with van der Waals surface area (Å²) in [4.78, 5) is 47.1. The zero-order valence-corrected chi connectivity index (χ0v) is 26.4. The highest BCUT2D eigenvalue weighted by atomic mass is 32.2. The third-order valence-electron chi connectivity index (χ3n) is 12.0. The number of unbranched alkanes of at least 4 members (excludes halogenated alkanes) is 1. The predicted molar refractivity (Wildman–Crippen MR) is 154 cm³/mol. The van der Waals surface area contributed by atoms with Crippen molar-refractivity contribution in [3.05, 3.63) is 0 Å². The fourth-order valence-electron chi connectivity index (χ4n) is 9.94. The number of hydrogen-bond acceptors (Lipinski definition) is 10. The minimum absolute atomic E-state index is 0.0587. The summed E-state index contributed by atoms with van der Waals surface area (Å²) in [6, 6.07) is 0. The lowest BCUT2D eigenvalue weighted by Crippen LogP contribution is -2.63.